The van der Waals surface area contributed by atoms with Crippen LogP contribution >= 0.6 is 0 Å². The molecule has 142 valence electrons. The molecular weight excluding hydrogens is 348 g/mol. The predicted molar refractivity (Wildman–Crippen MR) is 110 cm³/mol. The summed E-state index contributed by atoms with van der Waals surface area (Å²) in [6.07, 6.45) is 2.36. The van der Waals surface area contributed by atoms with Crippen LogP contribution in [0.2, 0.25) is 0 Å². The van der Waals surface area contributed by atoms with E-state index in [0.29, 0.717) is 22.7 Å². The molecule has 4 rings (SSSR count). The molecule has 1 aromatic heterocycles. The molecular formula is C23H24N4O. The van der Waals surface area contributed by atoms with Crippen LogP contribution in [-0.2, 0) is 0 Å². The topological polar surface area (TPSA) is 73.0 Å². The number of aromatic hydroxyl groups is 1. The first-order valence-electron chi connectivity index (χ1n) is 9.68. The number of aromatic nitrogens is 2. The standard InChI is InChI=1S/C23H24N4O/c1-14-6-8-18-15(2)22(19-9-7-16(12-24)11-20(19)28)25-26-23(18)21(14)17-5-4-10-27(3)13-17/h6-9,11,17,28H,4-5,10,13H2,1-3H3. The van der Waals surface area contributed by atoms with Gasteiger partial charge in [0.05, 0.1) is 17.1 Å². The molecule has 28 heavy (non-hydrogen) atoms. The summed E-state index contributed by atoms with van der Waals surface area (Å²) in [6, 6.07) is 11.2. The van der Waals surface area contributed by atoms with Gasteiger partial charge in [0, 0.05) is 17.5 Å². The maximum absolute atomic E-state index is 10.4. The minimum absolute atomic E-state index is 0.0528. The van der Waals surface area contributed by atoms with Gasteiger partial charge < -0.3 is 10.0 Å². The quantitative estimate of drug-likeness (QED) is 0.726. The van der Waals surface area contributed by atoms with Crippen LogP contribution in [0, 0.1) is 25.2 Å². The Morgan fingerprint density at radius 1 is 1.18 bits per heavy atom. The summed E-state index contributed by atoms with van der Waals surface area (Å²) in [5.41, 5.74) is 6.21. The zero-order valence-electron chi connectivity index (χ0n) is 16.5. The number of hydrogen-bond acceptors (Lipinski definition) is 5. The molecule has 0 amide bonds. The summed E-state index contributed by atoms with van der Waals surface area (Å²) in [5, 5.41) is 29.6. The minimum atomic E-state index is 0.0528. The van der Waals surface area contributed by atoms with Gasteiger partial charge in [-0.1, -0.05) is 12.1 Å². The Hall–Kier alpha value is -2.97. The van der Waals surface area contributed by atoms with Crippen LogP contribution in [0.5, 0.6) is 5.75 Å². The summed E-state index contributed by atoms with van der Waals surface area (Å²) in [5.74, 6) is 0.516. The Morgan fingerprint density at radius 3 is 2.71 bits per heavy atom. The summed E-state index contributed by atoms with van der Waals surface area (Å²) in [6.45, 7) is 6.36. The number of benzene rings is 2. The molecule has 1 N–H and O–H groups in total. The lowest BCUT2D eigenvalue weighted by molar-refractivity contribution is 0.251. The first-order valence-corrected chi connectivity index (χ1v) is 9.68. The fourth-order valence-electron chi connectivity index (χ4n) is 4.40. The summed E-state index contributed by atoms with van der Waals surface area (Å²) >= 11 is 0. The van der Waals surface area contributed by atoms with E-state index < -0.39 is 0 Å². The molecule has 2 aromatic carbocycles. The van der Waals surface area contributed by atoms with E-state index in [9.17, 15) is 5.11 Å². The van der Waals surface area contributed by atoms with Crippen molar-refractivity contribution in [2.24, 2.45) is 0 Å². The molecule has 1 unspecified atom stereocenters. The molecule has 1 fully saturated rings. The van der Waals surface area contributed by atoms with Crippen LogP contribution in [0.3, 0.4) is 0 Å². The highest BCUT2D eigenvalue weighted by atomic mass is 16.3. The van der Waals surface area contributed by atoms with Crippen LogP contribution in [0.15, 0.2) is 30.3 Å². The smallest absolute Gasteiger partial charge is 0.126 e. The molecule has 1 aliphatic heterocycles. The Morgan fingerprint density at radius 2 is 2.00 bits per heavy atom. The molecule has 5 nitrogen and oxygen atoms in total. The van der Waals surface area contributed by atoms with Crippen LogP contribution in [-0.4, -0.2) is 40.3 Å². The average molecular weight is 372 g/mol. The van der Waals surface area contributed by atoms with E-state index >= 15 is 0 Å². The number of piperidine rings is 1. The predicted octanol–water partition coefficient (Wildman–Crippen LogP) is 4.30. The molecule has 0 spiro atoms. The van der Waals surface area contributed by atoms with Gasteiger partial charge in [0.25, 0.3) is 0 Å². The number of likely N-dealkylation sites (N-methyl/N-ethyl adjacent to an activating group) is 1. The molecule has 0 aliphatic carbocycles. The van der Waals surface area contributed by atoms with Gasteiger partial charge in [-0.2, -0.15) is 5.26 Å². The number of nitrogens with zero attached hydrogens (tertiary/aromatic N) is 4. The van der Waals surface area contributed by atoms with Crippen molar-refractivity contribution in [3.05, 3.63) is 52.6 Å². The molecule has 5 heteroatoms. The monoisotopic (exact) mass is 372 g/mol. The summed E-state index contributed by atoms with van der Waals surface area (Å²) in [7, 11) is 2.18. The highest BCUT2D eigenvalue weighted by Crippen LogP contribution is 2.37. The summed E-state index contributed by atoms with van der Waals surface area (Å²) in [4.78, 5) is 2.38. The van der Waals surface area contributed by atoms with Gasteiger partial charge in [0.1, 0.15) is 11.4 Å². The Balaban J connectivity index is 1.87. The van der Waals surface area contributed by atoms with E-state index in [0.717, 1.165) is 29.6 Å². The molecule has 0 radical (unpaired) electrons. The third kappa shape index (κ3) is 3.10. The second-order valence-corrected chi connectivity index (χ2v) is 7.81. The molecule has 1 atom stereocenters. The van der Waals surface area contributed by atoms with Gasteiger partial charge in [-0.25, -0.2) is 0 Å². The Labute approximate surface area is 165 Å². The van der Waals surface area contributed by atoms with Crippen molar-refractivity contribution >= 4 is 10.9 Å². The van der Waals surface area contributed by atoms with E-state index in [1.165, 1.54) is 30.0 Å². The van der Waals surface area contributed by atoms with E-state index in [4.69, 9.17) is 5.26 Å². The maximum Gasteiger partial charge on any atom is 0.126 e. The van der Waals surface area contributed by atoms with Crippen LogP contribution in [0.1, 0.15) is 41.0 Å². The number of phenolic OH excluding ortho intramolecular Hbond substituents is 1. The van der Waals surface area contributed by atoms with Crippen molar-refractivity contribution < 1.29 is 5.11 Å². The van der Waals surface area contributed by atoms with E-state index in [-0.39, 0.29) is 5.75 Å². The van der Waals surface area contributed by atoms with E-state index in [1.807, 2.05) is 13.0 Å². The largest absolute Gasteiger partial charge is 0.507 e. The number of phenols is 1. The third-order valence-electron chi connectivity index (χ3n) is 5.86. The SMILES string of the molecule is Cc1ccc2c(C)c(-c3ccc(C#N)cc3O)nnc2c1C1CCCN(C)C1. The maximum atomic E-state index is 10.4. The Kier molecular flexibility index (Phi) is 4.74. The van der Waals surface area contributed by atoms with E-state index in [1.54, 1.807) is 12.1 Å². The van der Waals surface area contributed by atoms with Crippen molar-refractivity contribution in [2.75, 3.05) is 20.1 Å². The number of likely N-dealkylation sites (tertiary alicyclic amines) is 1. The lowest BCUT2D eigenvalue weighted by Gasteiger charge is -2.31. The zero-order chi connectivity index (χ0) is 19.8. The molecule has 1 aliphatic rings. The van der Waals surface area contributed by atoms with Crippen molar-refractivity contribution in [3.8, 4) is 23.1 Å². The van der Waals surface area contributed by atoms with Crippen LogP contribution < -0.4 is 0 Å². The second-order valence-electron chi connectivity index (χ2n) is 7.81. The fourth-order valence-corrected chi connectivity index (χ4v) is 4.40. The first kappa shape index (κ1) is 18.4. The molecule has 0 bridgehead atoms. The van der Waals surface area contributed by atoms with Gasteiger partial charge in [-0.3, -0.25) is 0 Å². The summed E-state index contributed by atoms with van der Waals surface area (Å²) < 4.78 is 0. The van der Waals surface area contributed by atoms with Crippen molar-refractivity contribution in [1.29, 1.82) is 5.26 Å². The van der Waals surface area contributed by atoms with Gasteiger partial charge in [-0.15, -0.1) is 10.2 Å². The molecule has 0 saturated carbocycles. The van der Waals surface area contributed by atoms with Gasteiger partial charge >= 0.3 is 0 Å². The molecule has 2 heterocycles. The minimum Gasteiger partial charge on any atom is -0.507 e. The van der Waals surface area contributed by atoms with Crippen LogP contribution in [0.4, 0.5) is 0 Å². The normalized spacial score (nSPS) is 17.6. The van der Waals surface area contributed by atoms with E-state index in [2.05, 4.69) is 41.2 Å². The number of fused-ring (bicyclic) bond motifs is 1. The van der Waals surface area contributed by atoms with Gasteiger partial charge in [0.2, 0.25) is 0 Å². The third-order valence-corrected chi connectivity index (χ3v) is 5.86. The van der Waals surface area contributed by atoms with Gasteiger partial charge in [-0.05, 0) is 81.1 Å². The van der Waals surface area contributed by atoms with Gasteiger partial charge in [0.15, 0.2) is 0 Å². The number of rotatable bonds is 2. The number of hydrogen-bond donors (Lipinski definition) is 1. The number of nitriles is 1. The fraction of sp³-hybridized carbons (Fsp3) is 0.348. The first-order chi connectivity index (χ1) is 13.5. The second kappa shape index (κ2) is 7.21. The van der Waals surface area contributed by atoms with Crippen molar-refractivity contribution in [3.63, 3.8) is 0 Å². The zero-order valence-corrected chi connectivity index (χ0v) is 16.5. The highest BCUT2D eigenvalue weighted by molar-refractivity contribution is 5.90. The average Bonchev–Trinajstić information content (AvgIpc) is 2.68. The Bertz CT molecular complexity index is 1100. The lowest BCUT2D eigenvalue weighted by Crippen LogP contribution is -2.31. The highest BCUT2D eigenvalue weighted by Gasteiger charge is 2.24. The van der Waals surface area contributed by atoms with Crippen molar-refractivity contribution in [2.45, 2.75) is 32.6 Å². The lowest BCUT2D eigenvalue weighted by atomic mass is 9.85. The molecule has 1 saturated heterocycles. The number of aryl methyl sites for hydroxylation is 2. The molecule has 3 aromatic rings. The van der Waals surface area contributed by atoms with Crippen LogP contribution in [0.25, 0.3) is 22.2 Å². The van der Waals surface area contributed by atoms with Crippen molar-refractivity contribution in [1.82, 2.24) is 15.1 Å².